The van der Waals surface area contributed by atoms with E-state index in [2.05, 4.69) is 4.99 Å². The summed E-state index contributed by atoms with van der Waals surface area (Å²) in [6, 6.07) is 8.90. The van der Waals surface area contributed by atoms with Gasteiger partial charge >= 0.3 is 0 Å². The van der Waals surface area contributed by atoms with Crippen LogP contribution in [-0.2, 0) is 26.1 Å². The average Bonchev–Trinajstić information content (AvgIpc) is 3.43. The Labute approximate surface area is 200 Å². The molecule has 1 saturated heterocycles. The summed E-state index contributed by atoms with van der Waals surface area (Å²) in [6.07, 6.45) is 1.25. The highest BCUT2D eigenvalue weighted by Crippen LogP contribution is 2.27. The van der Waals surface area contributed by atoms with Crippen LogP contribution in [0.1, 0.15) is 19.8 Å². The number of hydrogen-bond donors (Lipinski definition) is 0. The van der Waals surface area contributed by atoms with Gasteiger partial charge in [0, 0.05) is 31.3 Å². The van der Waals surface area contributed by atoms with Crippen LogP contribution in [0.4, 0.5) is 0 Å². The molecule has 2 aromatic heterocycles. The van der Waals surface area contributed by atoms with Gasteiger partial charge in [-0.2, -0.15) is 9.30 Å². The lowest BCUT2D eigenvalue weighted by molar-refractivity contribution is -0.122. The predicted octanol–water partition coefficient (Wildman–Crippen LogP) is 3.98. The average molecular weight is 514 g/mol. The van der Waals surface area contributed by atoms with Gasteiger partial charge in [-0.25, -0.2) is 8.42 Å². The molecule has 7 nitrogen and oxygen atoms in total. The van der Waals surface area contributed by atoms with E-state index in [4.69, 9.17) is 16.3 Å². The number of carbonyl (C=O) groups is 1. The first-order chi connectivity index (χ1) is 15.4. The molecule has 32 heavy (non-hydrogen) atoms. The number of hydrogen-bond acceptors (Lipinski definition) is 6. The standard InChI is InChI=1S/C21H24ClN3O4S3/c1-2-29-11-10-25-17-8-7-16(22)13-18(17)31-21(25)23-20(26)15-5-3-9-24(14-15)32(27,28)19-6-4-12-30-19/h4,6-8,12-13,15H,2-3,5,9-11,14H2,1H3. The number of benzene rings is 1. The van der Waals surface area contributed by atoms with Gasteiger partial charge in [-0.05, 0) is 49.4 Å². The summed E-state index contributed by atoms with van der Waals surface area (Å²) in [5, 5.41) is 2.36. The molecule has 0 aliphatic carbocycles. The van der Waals surface area contributed by atoms with E-state index in [0.717, 1.165) is 10.2 Å². The maximum Gasteiger partial charge on any atom is 0.252 e. The minimum Gasteiger partial charge on any atom is -0.380 e. The highest BCUT2D eigenvalue weighted by molar-refractivity contribution is 7.91. The molecule has 0 spiro atoms. The highest BCUT2D eigenvalue weighted by Gasteiger charge is 2.33. The first kappa shape index (κ1) is 23.6. The number of thiazole rings is 1. The summed E-state index contributed by atoms with van der Waals surface area (Å²) in [4.78, 5) is 18.1. The Balaban J connectivity index is 1.62. The Bertz CT molecular complexity index is 1270. The smallest absolute Gasteiger partial charge is 0.252 e. The number of ether oxygens (including phenoxy) is 1. The van der Waals surface area contributed by atoms with Crippen molar-refractivity contribution in [1.29, 1.82) is 0 Å². The minimum atomic E-state index is -3.58. The van der Waals surface area contributed by atoms with Crippen molar-refractivity contribution in [2.24, 2.45) is 10.9 Å². The van der Waals surface area contributed by atoms with Gasteiger partial charge in [0.05, 0.1) is 22.7 Å². The van der Waals surface area contributed by atoms with Crippen LogP contribution in [0.3, 0.4) is 0 Å². The first-order valence-corrected chi connectivity index (χ1v) is 13.9. The number of rotatable bonds is 7. The van der Waals surface area contributed by atoms with Crippen molar-refractivity contribution >= 4 is 60.4 Å². The zero-order valence-corrected chi connectivity index (χ0v) is 20.8. The number of piperidine rings is 1. The van der Waals surface area contributed by atoms with Crippen molar-refractivity contribution in [1.82, 2.24) is 8.87 Å². The molecule has 3 heterocycles. The van der Waals surface area contributed by atoms with E-state index in [-0.39, 0.29) is 12.5 Å². The molecule has 1 fully saturated rings. The van der Waals surface area contributed by atoms with Gasteiger partial charge in [0.2, 0.25) is 0 Å². The Morgan fingerprint density at radius 1 is 1.34 bits per heavy atom. The van der Waals surface area contributed by atoms with Crippen LogP contribution in [0.2, 0.25) is 5.02 Å². The molecule has 4 rings (SSSR count). The lowest BCUT2D eigenvalue weighted by Gasteiger charge is -2.29. The van der Waals surface area contributed by atoms with Crippen molar-refractivity contribution in [3.8, 4) is 0 Å². The van der Waals surface area contributed by atoms with Crippen LogP contribution in [-0.4, -0.2) is 49.5 Å². The quantitative estimate of drug-likeness (QED) is 0.447. The molecule has 11 heteroatoms. The van der Waals surface area contributed by atoms with Crippen molar-refractivity contribution in [2.75, 3.05) is 26.3 Å². The van der Waals surface area contributed by atoms with Crippen LogP contribution in [0.5, 0.6) is 0 Å². The van der Waals surface area contributed by atoms with Crippen LogP contribution in [0.15, 0.2) is 44.9 Å². The molecule has 3 aromatic rings. The molecule has 172 valence electrons. The molecule has 1 aliphatic heterocycles. The summed E-state index contributed by atoms with van der Waals surface area (Å²) >= 11 is 8.74. The number of aromatic nitrogens is 1. The molecule has 1 atom stereocenters. The Kier molecular flexibility index (Phi) is 7.48. The molecule has 0 radical (unpaired) electrons. The fraction of sp³-hybridized carbons (Fsp3) is 0.429. The molecule has 0 bridgehead atoms. The Morgan fingerprint density at radius 3 is 2.94 bits per heavy atom. The molecule has 1 unspecified atom stereocenters. The summed E-state index contributed by atoms with van der Waals surface area (Å²) in [5.41, 5.74) is 0.941. The topological polar surface area (TPSA) is 81.0 Å². The van der Waals surface area contributed by atoms with E-state index >= 15 is 0 Å². The molecular weight excluding hydrogens is 490 g/mol. The van der Waals surface area contributed by atoms with Crippen LogP contribution in [0.25, 0.3) is 10.2 Å². The normalized spacial score (nSPS) is 18.4. The van der Waals surface area contributed by atoms with E-state index in [0.29, 0.717) is 53.2 Å². The number of thiophene rings is 1. The van der Waals surface area contributed by atoms with Gasteiger partial charge in [-0.3, -0.25) is 4.79 Å². The monoisotopic (exact) mass is 513 g/mol. The fourth-order valence-electron chi connectivity index (χ4n) is 3.73. The van der Waals surface area contributed by atoms with Crippen molar-refractivity contribution in [2.45, 2.75) is 30.5 Å². The third-order valence-corrected chi connectivity index (χ3v) is 9.85. The van der Waals surface area contributed by atoms with Gasteiger partial charge < -0.3 is 9.30 Å². The first-order valence-electron chi connectivity index (χ1n) is 10.4. The molecule has 0 N–H and O–H groups in total. The number of sulfonamides is 1. The third kappa shape index (κ3) is 5.00. The van der Waals surface area contributed by atoms with Gasteiger partial charge in [0.1, 0.15) is 4.21 Å². The van der Waals surface area contributed by atoms with E-state index in [9.17, 15) is 13.2 Å². The zero-order chi connectivity index (χ0) is 22.7. The molecule has 0 saturated carbocycles. The van der Waals surface area contributed by atoms with Crippen LogP contribution < -0.4 is 4.80 Å². The summed E-state index contributed by atoms with van der Waals surface area (Å²) in [7, 11) is -3.58. The second-order valence-electron chi connectivity index (χ2n) is 7.43. The Morgan fingerprint density at radius 2 is 2.19 bits per heavy atom. The van der Waals surface area contributed by atoms with E-state index < -0.39 is 15.9 Å². The van der Waals surface area contributed by atoms with E-state index in [1.165, 1.54) is 27.0 Å². The van der Waals surface area contributed by atoms with Gasteiger partial charge in [0.25, 0.3) is 15.9 Å². The highest BCUT2D eigenvalue weighted by atomic mass is 35.5. The lowest BCUT2D eigenvalue weighted by Crippen LogP contribution is -2.42. The zero-order valence-electron chi connectivity index (χ0n) is 17.6. The van der Waals surface area contributed by atoms with E-state index in [1.807, 2.05) is 29.7 Å². The largest absolute Gasteiger partial charge is 0.380 e. The number of fused-ring (bicyclic) bond motifs is 1. The third-order valence-electron chi connectivity index (χ3n) is 5.34. The maximum atomic E-state index is 13.1. The SMILES string of the molecule is CCOCCn1c(=NC(=O)C2CCCN(S(=O)(=O)c3cccs3)C2)sc2cc(Cl)ccc21. The van der Waals surface area contributed by atoms with Gasteiger partial charge in [-0.1, -0.05) is 29.0 Å². The van der Waals surface area contributed by atoms with Crippen LogP contribution in [0, 0.1) is 5.92 Å². The lowest BCUT2D eigenvalue weighted by atomic mass is 9.99. The predicted molar refractivity (Wildman–Crippen MR) is 128 cm³/mol. The number of amides is 1. The number of halogens is 1. The molecule has 1 amide bonds. The summed E-state index contributed by atoms with van der Waals surface area (Å²) in [6.45, 7) is 4.17. The van der Waals surface area contributed by atoms with Gasteiger partial charge in [0.15, 0.2) is 4.80 Å². The second kappa shape index (κ2) is 10.1. The van der Waals surface area contributed by atoms with Crippen LogP contribution >= 0.6 is 34.3 Å². The number of carbonyl (C=O) groups excluding carboxylic acids is 1. The van der Waals surface area contributed by atoms with E-state index in [1.54, 1.807) is 17.5 Å². The summed E-state index contributed by atoms with van der Waals surface area (Å²) in [5.74, 6) is -0.758. The fourth-order valence-corrected chi connectivity index (χ4v) is 7.74. The van der Waals surface area contributed by atoms with Crippen molar-refractivity contribution in [3.05, 3.63) is 45.5 Å². The van der Waals surface area contributed by atoms with Crippen molar-refractivity contribution < 1.29 is 17.9 Å². The second-order valence-corrected chi connectivity index (χ2v) is 12.0. The van der Waals surface area contributed by atoms with Crippen molar-refractivity contribution in [3.63, 3.8) is 0 Å². The van der Waals surface area contributed by atoms with Gasteiger partial charge in [-0.15, -0.1) is 11.3 Å². The maximum absolute atomic E-state index is 13.1. The summed E-state index contributed by atoms with van der Waals surface area (Å²) < 4.78 is 35.9. The molecule has 1 aromatic carbocycles. The minimum absolute atomic E-state index is 0.151. The number of nitrogens with zero attached hydrogens (tertiary/aromatic N) is 3. The molecular formula is C21H24ClN3O4S3. The Hall–Kier alpha value is -1.56. The molecule has 1 aliphatic rings.